The average Bonchev–Trinajstić information content (AvgIpc) is 3.20. The number of carbonyl (C=O) groups is 2. The molecule has 2 aliphatic rings. The first kappa shape index (κ1) is 16.0. The van der Waals surface area contributed by atoms with E-state index in [0.717, 1.165) is 32.8 Å². The molecule has 1 N–H and O–H groups in total. The summed E-state index contributed by atoms with van der Waals surface area (Å²) < 4.78 is 10.6. The average molecular weight is 321 g/mol. The molecule has 0 spiro atoms. The Bertz CT molecular complexity index is 525. The minimum atomic E-state index is -0.391. The lowest BCUT2D eigenvalue weighted by Gasteiger charge is -2.27. The normalized spacial score (nSPS) is 22.5. The minimum Gasteiger partial charge on any atom is -0.467 e. The Morgan fingerprint density at radius 3 is 2.91 bits per heavy atom. The van der Waals surface area contributed by atoms with E-state index < -0.39 is 6.04 Å². The van der Waals surface area contributed by atoms with E-state index in [9.17, 15) is 9.59 Å². The molecule has 0 saturated carbocycles. The van der Waals surface area contributed by atoms with Gasteiger partial charge in [0.15, 0.2) is 0 Å². The highest BCUT2D eigenvalue weighted by Gasteiger charge is 2.36. The lowest BCUT2D eigenvalue weighted by Crippen LogP contribution is -2.47. The maximum absolute atomic E-state index is 12.4. The Morgan fingerprint density at radius 1 is 1.35 bits per heavy atom. The number of morpholine rings is 1. The molecular formula is C16H23N3O4. The number of carbonyl (C=O) groups excluding carboxylic acids is 2. The van der Waals surface area contributed by atoms with Gasteiger partial charge in [-0.15, -0.1) is 0 Å². The van der Waals surface area contributed by atoms with E-state index in [1.54, 1.807) is 17.2 Å². The third-order valence-corrected chi connectivity index (χ3v) is 4.37. The highest BCUT2D eigenvalue weighted by atomic mass is 16.5. The van der Waals surface area contributed by atoms with Gasteiger partial charge in [0.1, 0.15) is 11.8 Å². The molecule has 3 heterocycles. The molecule has 7 heteroatoms. The van der Waals surface area contributed by atoms with Crippen molar-refractivity contribution in [1.29, 1.82) is 0 Å². The number of ether oxygens (including phenoxy) is 1. The molecular weight excluding hydrogens is 298 g/mol. The Hall–Kier alpha value is -1.86. The van der Waals surface area contributed by atoms with Gasteiger partial charge in [0.25, 0.3) is 0 Å². The number of hydrogen-bond donors (Lipinski definition) is 1. The van der Waals surface area contributed by atoms with Crippen LogP contribution in [0, 0.1) is 0 Å². The van der Waals surface area contributed by atoms with Gasteiger partial charge in [0.05, 0.1) is 26.0 Å². The molecule has 2 fully saturated rings. The minimum absolute atomic E-state index is 0.00901. The van der Waals surface area contributed by atoms with Gasteiger partial charge >= 0.3 is 0 Å². The van der Waals surface area contributed by atoms with Crippen molar-refractivity contribution in [2.75, 3.05) is 39.4 Å². The molecule has 0 bridgehead atoms. The zero-order valence-electron chi connectivity index (χ0n) is 13.2. The summed E-state index contributed by atoms with van der Waals surface area (Å²) in [7, 11) is 0. The molecule has 0 radical (unpaired) electrons. The van der Waals surface area contributed by atoms with Crippen molar-refractivity contribution in [3.05, 3.63) is 24.2 Å². The second-order valence-electron chi connectivity index (χ2n) is 5.90. The number of nitrogens with zero attached hydrogens (tertiary/aromatic N) is 2. The van der Waals surface area contributed by atoms with Crippen LogP contribution in [0.4, 0.5) is 0 Å². The zero-order chi connectivity index (χ0) is 16.1. The molecule has 7 nitrogen and oxygen atoms in total. The third kappa shape index (κ3) is 4.11. The second-order valence-corrected chi connectivity index (χ2v) is 5.90. The Labute approximate surface area is 135 Å². The highest BCUT2D eigenvalue weighted by molar-refractivity contribution is 5.90. The molecule has 1 aromatic rings. The smallest absolute Gasteiger partial charge is 0.242 e. The van der Waals surface area contributed by atoms with Crippen LogP contribution in [0.3, 0.4) is 0 Å². The highest BCUT2D eigenvalue weighted by Crippen LogP contribution is 2.21. The van der Waals surface area contributed by atoms with Crippen molar-refractivity contribution in [2.45, 2.75) is 25.4 Å². The molecule has 3 rings (SSSR count). The van der Waals surface area contributed by atoms with Gasteiger partial charge in [-0.25, -0.2) is 0 Å². The lowest BCUT2D eigenvalue weighted by molar-refractivity contribution is -0.136. The largest absolute Gasteiger partial charge is 0.467 e. The standard InChI is InChI=1S/C16H23N3O4/c20-15-4-3-14(19(15)12-13-2-1-9-23-13)16(21)17-5-6-18-7-10-22-11-8-18/h1-2,9,14H,3-8,10-12H2,(H,17,21)/t14-/m1/s1. The Balaban J connectivity index is 1.48. The van der Waals surface area contributed by atoms with Crippen molar-refractivity contribution in [3.63, 3.8) is 0 Å². The van der Waals surface area contributed by atoms with E-state index in [1.165, 1.54) is 0 Å². The predicted molar refractivity (Wildman–Crippen MR) is 82.5 cm³/mol. The van der Waals surface area contributed by atoms with Gasteiger partial charge in [0.2, 0.25) is 11.8 Å². The fraction of sp³-hybridized carbons (Fsp3) is 0.625. The predicted octanol–water partition coefficient (Wildman–Crippen LogP) is 0.219. The topological polar surface area (TPSA) is 75.0 Å². The van der Waals surface area contributed by atoms with Crippen molar-refractivity contribution in [3.8, 4) is 0 Å². The van der Waals surface area contributed by atoms with Crippen LogP contribution < -0.4 is 5.32 Å². The molecule has 0 aliphatic carbocycles. The molecule has 23 heavy (non-hydrogen) atoms. The Morgan fingerprint density at radius 2 is 2.17 bits per heavy atom. The SMILES string of the molecule is O=C(NCCN1CCOCC1)[C@H]1CCC(=O)N1Cc1ccco1. The number of nitrogens with one attached hydrogen (secondary N) is 1. The van der Waals surface area contributed by atoms with E-state index in [0.29, 0.717) is 31.7 Å². The van der Waals surface area contributed by atoms with E-state index in [-0.39, 0.29) is 11.8 Å². The molecule has 1 atom stereocenters. The first-order valence-corrected chi connectivity index (χ1v) is 8.14. The fourth-order valence-corrected chi connectivity index (χ4v) is 3.05. The van der Waals surface area contributed by atoms with Crippen LogP contribution >= 0.6 is 0 Å². The second kappa shape index (κ2) is 7.61. The van der Waals surface area contributed by atoms with Crippen molar-refractivity contribution in [1.82, 2.24) is 15.1 Å². The van der Waals surface area contributed by atoms with Crippen molar-refractivity contribution >= 4 is 11.8 Å². The summed E-state index contributed by atoms with van der Waals surface area (Å²) >= 11 is 0. The number of amides is 2. The number of rotatable bonds is 6. The molecule has 2 amide bonds. The van der Waals surface area contributed by atoms with Crippen LogP contribution in [-0.2, 0) is 20.9 Å². The summed E-state index contributed by atoms with van der Waals surface area (Å²) in [6.45, 7) is 5.08. The quantitative estimate of drug-likeness (QED) is 0.811. The Kier molecular flexibility index (Phi) is 5.30. The van der Waals surface area contributed by atoms with Crippen LogP contribution in [0.25, 0.3) is 0 Å². The maximum Gasteiger partial charge on any atom is 0.242 e. The summed E-state index contributed by atoms with van der Waals surface area (Å²) in [5.41, 5.74) is 0. The van der Waals surface area contributed by atoms with E-state index in [4.69, 9.17) is 9.15 Å². The molecule has 1 aromatic heterocycles. The van der Waals surface area contributed by atoms with Crippen LogP contribution in [-0.4, -0.2) is 67.0 Å². The van der Waals surface area contributed by atoms with Crippen LogP contribution in [0.5, 0.6) is 0 Å². The summed E-state index contributed by atoms with van der Waals surface area (Å²) in [5, 5.41) is 2.96. The van der Waals surface area contributed by atoms with Gasteiger partial charge in [0, 0.05) is 32.6 Å². The number of furan rings is 1. The van der Waals surface area contributed by atoms with Gasteiger partial charge in [-0.2, -0.15) is 0 Å². The molecule has 2 aliphatic heterocycles. The summed E-state index contributed by atoms with van der Waals surface area (Å²) in [6.07, 6.45) is 2.57. The van der Waals surface area contributed by atoms with Crippen LogP contribution in [0.15, 0.2) is 22.8 Å². The molecule has 126 valence electrons. The van der Waals surface area contributed by atoms with E-state index in [1.807, 2.05) is 6.07 Å². The van der Waals surface area contributed by atoms with Gasteiger partial charge < -0.3 is 19.4 Å². The maximum atomic E-state index is 12.4. The monoisotopic (exact) mass is 321 g/mol. The number of likely N-dealkylation sites (tertiary alicyclic amines) is 1. The zero-order valence-corrected chi connectivity index (χ0v) is 13.2. The third-order valence-electron chi connectivity index (χ3n) is 4.37. The molecule has 0 unspecified atom stereocenters. The molecule has 2 saturated heterocycles. The first-order chi connectivity index (χ1) is 11.2. The van der Waals surface area contributed by atoms with E-state index >= 15 is 0 Å². The lowest BCUT2D eigenvalue weighted by atomic mass is 10.2. The van der Waals surface area contributed by atoms with Crippen LogP contribution in [0.2, 0.25) is 0 Å². The van der Waals surface area contributed by atoms with Crippen LogP contribution in [0.1, 0.15) is 18.6 Å². The fourth-order valence-electron chi connectivity index (χ4n) is 3.05. The first-order valence-electron chi connectivity index (χ1n) is 8.14. The van der Waals surface area contributed by atoms with E-state index in [2.05, 4.69) is 10.2 Å². The van der Waals surface area contributed by atoms with Gasteiger partial charge in [-0.3, -0.25) is 14.5 Å². The van der Waals surface area contributed by atoms with Crippen molar-refractivity contribution < 1.29 is 18.7 Å². The van der Waals surface area contributed by atoms with Crippen molar-refractivity contribution in [2.24, 2.45) is 0 Å². The summed E-state index contributed by atoms with van der Waals surface area (Å²) in [5.74, 6) is 0.636. The summed E-state index contributed by atoms with van der Waals surface area (Å²) in [6, 6.07) is 3.21. The molecule has 0 aromatic carbocycles. The summed E-state index contributed by atoms with van der Waals surface area (Å²) in [4.78, 5) is 28.3. The van der Waals surface area contributed by atoms with Gasteiger partial charge in [-0.1, -0.05) is 0 Å². The van der Waals surface area contributed by atoms with Gasteiger partial charge in [-0.05, 0) is 18.6 Å². The number of hydrogen-bond acceptors (Lipinski definition) is 5.